The number of nitrogens with one attached hydrogen (secondary N) is 1. The highest BCUT2D eigenvalue weighted by Crippen LogP contribution is 2.52. The van der Waals surface area contributed by atoms with Crippen LogP contribution in [0.4, 0.5) is 0 Å². The van der Waals surface area contributed by atoms with Crippen LogP contribution in [0.3, 0.4) is 0 Å². The molecule has 0 radical (unpaired) electrons. The van der Waals surface area contributed by atoms with Crippen LogP contribution in [-0.2, 0) is 0 Å². The van der Waals surface area contributed by atoms with E-state index in [1.54, 1.807) is 0 Å². The molecule has 88 valence electrons. The molecule has 1 aromatic rings. The lowest BCUT2D eigenvalue weighted by Gasteiger charge is -2.18. The van der Waals surface area contributed by atoms with Gasteiger partial charge in [0.2, 0.25) is 5.89 Å². The minimum Gasteiger partial charge on any atom is -0.444 e. The second kappa shape index (κ2) is 3.88. The van der Waals surface area contributed by atoms with E-state index < -0.39 is 0 Å². The van der Waals surface area contributed by atoms with E-state index in [4.69, 9.17) is 4.42 Å². The van der Waals surface area contributed by atoms with Crippen molar-refractivity contribution >= 4 is 0 Å². The molecule has 3 heteroatoms. The fourth-order valence-electron chi connectivity index (χ4n) is 3.39. The maximum absolute atomic E-state index is 5.90. The van der Waals surface area contributed by atoms with Gasteiger partial charge in [-0.3, -0.25) is 0 Å². The zero-order valence-corrected chi connectivity index (χ0v) is 10.1. The summed E-state index contributed by atoms with van der Waals surface area (Å²) in [5, 5.41) is 3.16. The summed E-state index contributed by atoms with van der Waals surface area (Å²) in [6, 6.07) is 0.215. The Morgan fingerprint density at radius 3 is 2.94 bits per heavy atom. The molecule has 2 aliphatic carbocycles. The summed E-state index contributed by atoms with van der Waals surface area (Å²) < 4.78 is 5.90. The Morgan fingerprint density at radius 1 is 1.44 bits per heavy atom. The second-order valence-electron chi connectivity index (χ2n) is 5.39. The first-order valence-electron chi connectivity index (χ1n) is 6.40. The van der Waals surface area contributed by atoms with Gasteiger partial charge in [0.25, 0.3) is 0 Å². The topological polar surface area (TPSA) is 38.1 Å². The van der Waals surface area contributed by atoms with Crippen molar-refractivity contribution in [2.75, 3.05) is 7.05 Å². The Hall–Kier alpha value is -0.830. The molecule has 4 atom stereocenters. The molecular weight excluding hydrogens is 200 g/mol. The standard InChI is InChI=1S/C13H20N2O/c1-8(14-2)13-15-7-12(16-13)11-6-9-3-4-10(11)5-9/h7-11,14H,3-6H2,1-2H3. The number of hydrogen-bond donors (Lipinski definition) is 1. The van der Waals surface area contributed by atoms with Crippen LogP contribution in [0, 0.1) is 11.8 Å². The van der Waals surface area contributed by atoms with Crippen LogP contribution < -0.4 is 5.32 Å². The summed E-state index contributed by atoms with van der Waals surface area (Å²) in [7, 11) is 1.94. The molecule has 2 bridgehead atoms. The first-order valence-corrected chi connectivity index (χ1v) is 6.40. The number of rotatable bonds is 3. The largest absolute Gasteiger partial charge is 0.444 e. The zero-order chi connectivity index (χ0) is 11.1. The van der Waals surface area contributed by atoms with Gasteiger partial charge < -0.3 is 9.73 Å². The van der Waals surface area contributed by atoms with E-state index in [0.717, 1.165) is 23.5 Å². The molecule has 3 rings (SSSR count). The van der Waals surface area contributed by atoms with Crippen LogP contribution in [0.15, 0.2) is 10.6 Å². The highest BCUT2D eigenvalue weighted by Gasteiger charge is 2.41. The third-order valence-electron chi connectivity index (χ3n) is 4.45. The quantitative estimate of drug-likeness (QED) is 0.851. The van der Waals surface area contributed by atoms with Gasteiger partial charge in [0, 0.05) is 5.92 Å². The molecule has 0 spiro atoms. The summed E-state index contributed by atoms with van der Waals surface area (Å²) in [5.41, 5.74) is 0. The number of oxazole rings is 1. The van der Waals surface area contributed by atoms with E-state index >= 15 is 0 Å². The van der Waals surface area contributed by atoms with E-state index in [1.807, 2.05) is 13.2 Å². The van der Waals surface area contributed by atoms with Gasteiger partial charge in [-0.1, -0.05) is 6.42 Å². The predicted molar refractivity (Wildman–Crippen MR) is 62.2 cm³/mol. The van der Waals surface area contributed by atoms with Gasteiger partial charge in [0.15, 0.2) is 0 Å². The molecule has 16 heavy (non-hydrogen) atoms. The Balaban J connectivity index is 1.77. The molecule has 0 amide bonds. The lowest BCUT2D eigenvalue weighted by Crippen LogP contribution is -2.12. The van der Waals surface area contributed by atoms with Crippen LogP contribution in [-0.4, -0.2) is 12.0 Å². The van der Waals surface area contributed by atoms with Gasteiger partial charge in [-0.05, 0) is 45.1 Å². The molecule has 0 aliphatic heterocycles. The summed E-state index contributed by atoms with van der Waals surface area (Å²) in [6.45, 7) is 2.08. The van der Waals surface area contributed by atoms with E-state index in [2.05, 4.69) is 17.2 Å². The van der Waals surface area contributed by atoms with Crippen molar-refractivity contribution in [1.82, 2.24) is 10.3 Å². The lowest BCUT2D eigenvalue weighted by molar-refractivity contribution is 0.331. The average Bonchev–Trinajstić information content (AvgIpc) is 3.02. The second-order valence-corrected chi connectivity index (χ2v) is 5.39. The van der Waals surface area contributed by atoms with Crippen molar-refractivity contribution in [1.29, 1.82) is 0 Å². The lowest BCUT2D eigenvalue weighted by atomic mass is 9.87. The third-order valence-corrected chi connectivity index (χ3v) is 4.45. The van der Waals surface area contributed by atoms with E-state index in [-0.39, 0.29) is 6.04 Å². The minimum atomic E-state index is 0.215. The number of aromatic nitrogens is 1. The summed E-state index contributed by atoms with van der Waals surface area (Å²) in [5.74, 6) is 4.45. The predicted octanol–water partition coefficient (Wildman–Crippen LogP) is 2.86. The molecule has 4 unspecified atom stereocenters. The maximum atomic E-state index is 5.90. The Kier molecular flexibility index (Phi) is 2.51. The fraction of sp³-hybridized carbons (Fsp3) is 0.769. The average molecular weight is 220 g/mol. The smallest absolute Gasteiger partial charge is 0.211 e. The van der Waals surface area contributed by atoms with Gasteiger partial charge in [-0.2, -0.15) is 0 Å². The molecule has 0 saturated heterocycles. The number of nitrogens with zero attached hydrogens (tertiary/aromatic N) is 1. The third kappa shape index (κ3) is 1.58. The van der Waals surface area contributed by atoms with Crippen LogP contribution in [0.1, 0.15) is 56.2 Å². The van der Waals surface area contributed by atoms with Crippen molar-refractivity contribution < 1.29 is 4.42 Å². The Bertz CT molecular complexity index is 374. The molecule has 0 aromatic carbocycles. The molecular formula is C13H20N2O. The molecule has 1 N–H and O–H groups in total. The van der Waals surface area contributed by atoms with Gasteiger partial charge >= 0.3 is 0 Å². The van der Waals surface area contributed by atoms with Gasteiger partial charge in [-0.15, -0.1) is 0 Å². The Morgan fingerprint density at radius 2 is 2.31 bits per heavy atom. The van der Waals surface area contributed by atoms with E-state index in [1.165, 1.54) is 25.7 Å². The van der Waals surface area contributed by atoms with Crippen LogP contribution in [0.2, 0.25) is 0 Å². The molecule has 2 aliphatic rings. The minimum absolute atomic E-state index is 0.215. The van der Waals surface area contributed by atoms with E-state index in [0.29, 0.717) is 5.92 Å². The molecule has 3 nitrogen and oxygen atoms in total. The molecule has 1 heterocycles. The van der Waals surface area contributed by atoms with Crippen molar-refractivity contribution in [3.63, 3.8) is 0 Å². The number of fused-ring (bicyclic) bond motifs is 2. The van der Waals surface area contributed by atoms with Crippen molar-refractivity contribution in [3.8, 4) is 0 Å². The Labute approximate surface area is 96.6 Å². The van der Waals surface area contributed by atoms with Crippen molar-refractivity contribution in [2.45, 2.75) is 44.6 Å². The summed E-state index contributed by atoms with van der Waals surface area (Å²) in [4.78, 5) is 4.39. The van der Waals surface area contributed by atoms with Crippen molar-refractivity contribution in [2.24, 2.45) is 11.8 Å². The van der Waals surface area contributed by atoms with Crippen LogP contribution in [0.5, 0.6) is 0 Å². The normalized spacial score (nSPS) is 34.5. The van der Waals surface area contributed by atoms with E-state index in [9.17, 15) is 0 Å². The summed E-state index contributed by atoms with van der Waals surface area (Å²) >= 11 is 0. The molecule has 1 aromatic heterocycles. The number of hydrogen-bond acceptors (Lipinski definition) is 3. The monoisotopic (exact) mass is 220 g/mol. The van der Waals surface area contributed by atoms with Crippen LogP contribution >= 0.6 is 0 Å². The molecule has 2 saturated carbocycles. The molecule has 2 fully saturated rings. The van der Waals surface area contributed by atoms with Crippen LogP contribution in [0.25, 0.3) is 0 Å². The summed E-state index contributed by atoms with van der Waals surface area (Å²) in [6.07, 6.45) is 7.53. The fourth-order valence-corrected chi connectivity index (χ4v) is 3.39. The highest BCUT2D eigenvalue weighted by molar-refractivity contribution is 5.10. The van der Waals surface area contributed by atoms with Gasteiger partial charge in [-0.25, -0.2) is 4.98 Å². The first kappa shape index (κ1) is 10.3. The van der Waals surface area contributed by atoms with Crippen molar-refractivity contribution in [3.05, 3.63) is 17.8 Å². The van der Waals surface area contributed by atoms with Gasteiger partial charge in [0.1, 0.15) is 5.76 Å². The zero-order valence-electron chi connectivity index (χ0n) is 10.1. The first-order chi connectivity index (χ1) is 7.78. The SMILES string of the molecule is CNC(C)c1ncc(C2CC3CCC2C3)o1. The highest BCUT2D eigenvalue weighted by atomic mass is 16.4. The van der Waals surface area contributed by atoms with Gasteiger partial charge in [0.05, 0.1) is 12.2 Å². The maximum Gasteiger partial charge on any atom is 0.211 e.